The number of nitrogens with one attached hydrogen (secondary N) is 1. The van der Waals surface area contributed by atoms with Gasteiger partial charge in [0.1, 0.15) is 4.88 Å². The molecule has 0 bridgehead atoms. The fourth-order valence-electron chi connectivity index (χ4n) is 2.69. The summed E-state index contributed by atoms with van der Waals surface area (Å²) < 4.78 is 4.96. The van der Waals surface area contributed by atoms with Crippen LogP contribution >= 0.6 is 11.3 Å². The lowest BCUT2D eigenvalue weighted by Gasteiger charge is -2.34. The highest BCUT2D eigenvalue weighted by Crippen LogP contribution is 2.27. The average molecular weight is 383 g/mol. The van der Waals surface area contributed by atoms with E-state index in [0.717, 1.165) is 11.4 Å². The maximum Gasteiger partial charge on any atom is 0.265 e. The molecule has 1 aliphatic rings. The first-order valence-corrected chi connectivity index (χ1v) is 9.86. The largest absolute Gasteiger partial charge is 0.385 e. The first-order chi connectivity index (χ1) is 12.3. The highest BCUT2D eigenvalue weighted by Gasteiger charge is 2.26. The van der Waals surface area contributed by atoms with E-state index in [4.69, 9.17) is 4.74 Å². The van der Waals surface area contributed by atoms with Gasteiger partial charge in [-0.25, -0.2) is 4.98 Å². The molecule has 8 heteroatoms. The number of rotatable bonds is 7. The number of hydrogen-bond acceptors (Lipinski definition) is 6. The standard InChI is InChI=1S/C18H30N4O3S/c1-18(2,3)17-20-12-14(26-17)16(24)22-9-7-21(8-10-22)13-15(23)19-6-5-11-25-4/h12H,5-11,13H2,1-4H3,(H,19,23). The SMILES string of the molecule is COCCCNC(=O)CN1CCN(C(=O)c2cnc(C(C)(C)C)s2)CC1. The molecule has 1 saturated heterocycles. The molecule has 1 fully saturated rings. The molecule has 0 atom stereocenters. The monoisotopic (exact) mass is 382 g/mol. The summed E-state index contributed by atoms with van der Waals surface area (Å²) in [5, 5.41) is 3.87. The topological polar surface area (TPSA) is 74.8 Å². The summed E-state index contributed by atoms with van der Waals surface area (Å²) in [7, 11) is 1.65. The van der Waals surface area contributed by atoms with Crippen molar-refractivity contribution in [2.45, 2.75) is 32.6 Å². The molecule has 7 nitrogen and oxygen atoms in total. The highest BCUT2D eigenvalue weighted by atomic mass is 32.1. The van der Waals surface area contributed by atoms with Gasteiger partial charge < -0.3 is 15.0 Å². The second-order valence-corrected chi connectivity index (χ2v) is 8.57. The van der Waals surface area contributed by atoms with Crippen molar-refractivity contribution in [3.63, 3.8) is 0 Å². The normalized spacial score (nSPS) is 15.9. The Balaban J connectivity index is 1.76. The average Bonchev–Trinajstić information content (AvgIpc) is 3.09. The first kappa shape index (κ1) is 20.8. The molecule has 0 saturated carbocycles. The van der Waals surface area contributed by atoms with Crippen LogP contribution in [-0.4, -0.2) is 79.6 Å². The number of carbonyl (C=O) groups excluding carboxylic acids is 2. The minimum absolute atomic E-state index is 0.0261. The Morgan fingerprint density at radius 1 is 1.27 bits per heavy atom. The summed E-state index contributed by atoms with van der Waals surface area (Å²) in [6, 6.07) is 0. The highest BCUT2D eigenvalue weighted by molar-refractivity contribution is 7.13. The number of aromatic nitrogens is 1. The zero-order valence-corrected chi connectivity index (χ0v) is 17.0. The molecular weight excluding hydrogens is 352 g/mol. The number of thiazole rings is 1. The Morgan fingerprint density at radius 2 is 1.96 bits per heavy atom. The van der Waals surface area contributed by atoms with Gasteiger partial charge in [-0.05, 0) is 6.42 Å². The van der Waals surface area contributed by atoms with Crippen LogP contribution in [0.15, 0.2) is 6.20 Å². The van der Waals surface area contributed by atoms with Gasteiger partial charge in [-0.3, -0.25) is 14.5 Å². The van der Waals surface area contributed by atoms with Crippen LogP contribution in [0.4, 0.5) is 0 Å². The van der Waals surface area contributed by atoms with E-state index in [2.05, 4.69) is 36.0 Å². The molecule has 0 unspecified atom stereocenters. The van der Waals surface area contributed by atoms with Gasteiger partial charge in [-0.15, -0.1) is 11.3 Å². The molecular formula is C18H30N4O3S. The quantitative estimate of drug-likeness (QED) is 0.721. The van der Waals surface area contributed by atoms with E-state index >= 15 is 0 Å². The van der Waals surface area contributed by atoms with E-state index in [1.165, 1.54) is 11.3 Å². The third-order valence-electron chi connectivity index (χ3n) is 4.23. The number of nitrogens with zero attached hydrogens (tertiary/aromatic N) is 3. The van der Waals surface area contributed by atoms with Crippen LogP contribution < -0.4 is 5.32 Å². The van der Waals surface area contributed by atoms with Crippen molar-refractivity contribution in [1.82, 2.24) is 20.1 Å². The van der Waals surface area contributed by atoms with Gasteiger partial charge in [0.05, 0.1) is 17.7 Å². The van der Waals surface area contributed by atoms with E-state index in [1.807, 2.05) is 4.90 Å². The van der Waals surface area contributed by atoms with Crippen LogP contribution in [-0.2, 0) is 14.9 Å². The summed E-state index contributed by atoms with van der Waals surface area (Å²) in [5.74, 6) is 0.0693. The molecule has 0 spiro atoms. The third kappa shape index (κ3) is 6.03. The van der Waals surface area contributed by atoms with Gasteiger partial charge in [-0.2, -0.15) is 0 Å². The molecule has 0 radical (unpaired) electrons. The van der Waals surface area contributed by atoms with Gasteiger partial charge in [0.15, 0.2) is 0 Å². The fourth-order valence-corrected chi connectivity index (χ4v) is 3.63. The van der Waals surface area contributed by atoms with Crippen LogP contribution in [0, 0.1) is 0 Å². The second kappa shape index (κ2) is 9.43. The van der Waals surface area contributed by atoms with Crippen LogP contribution in [0.1, 0.15) is 41.9 Å². The summed E-state index contributed by atoms with van der Waals surface area (Å²) in [6.07, 6.45) is 2.50. The molecule has 1 aromatic rings. The maximum absolute atomic E-state index is 12.7. The second-order valence-electron chi connectivity index (χ2n) is 7.54. The fraction of sp³-hybridized carbons (Fsp3) is 0.722. The molecule has 1 aliphatic heterocycles. The van der Waals surface area contributed by atoms with Crippen molar-refractivity contribution >= 4 is 23.2 Å². The van der Waals surface area contributed by atoms with Gasteiger partial charge in [0, 0.05) is 51.9 Å². The molecule has 0 aliphatic carbocycles. The number of carbonyl (C=O) groups is 2. The van der Waals surface area contributed by atoms with Crippen molar-refractivity contribution in [3.8, 4) is 0 Å². The summed E-state index contributed by atoms with van der Waals surface area (Å²) in [4.78, 5) is 33.6. The zero-order chi connectivity index (χ0) is 19.2. The molecule has 26 heavy (non-hydrogen) atoms. The van der Waals surface area contributed by atoms with Crippen molar-refractivity contribution in [2.24, 2.45) is 0 Å². The van der Waals surface area contributed by atoms with Crippen molar-refractivity contribution in [3.05, 3.63) is 16.1 Å². The van der Waals surface area contributed by atoms with E-state index in [-0.39, 0.29) is 17.2 Å². The predicted octanol–water partition coefficient (Wildman–Crippen LogP) is 1.35. The van der Waals surface area contributed by atoms with E-state index in [1.54, 1.807) is 13.3 Å². The maximum atomic E-state index is 12.7. The lowest BCUT2D eigenvalue weighted by molar-refractivity contribution is -0.122. The van der Waals surface area contributed by atoms with Gasteiger partial charge >= 0.3 is 0 Å². The molecule has 146 valence electrons. The predicted molar refractivity (Wildman–Crippen MR) is 103 cm³/mol. The number of hydrogen-bond donors (Lipinski definition) is 1. The Bertz CT molecular complexity index is 604. The van der Waals surface area contributed by atoms with E-state index in [9.17, 15) is 9.59 Å². The smallest absolute Gasteiger partial charge is 0.265 e. The Hall–Kier alpha value is -1.51. The third-order valence-corrected chi connectivity index (χ3v) is 5.64. The number of methoxy groups -OCH3 is 1. The minimum atomic E-state index is -0.0431. The minimum Gasteiger partial charge on any atom is -0.385 e. The number of ether oxygens (including phenoxy) is 1. The summed E-state index contributed by atoms with van der Waals surface area (Å²) >= 11 is 1.48. The molecule has 2 rings (SSSR count). The van der Waals surface area contributed by atoms with Crippen LogP contribution in [0.5, 0.6) is 0 Å². The van der Waals surface area contributed by atoms with E-state index in [0.29, 0.717) is 50.8 Å². The van der Waals surface area contributed by atoms with Crippen LogP contribution in [0.2, 0.25) is 0 Å². The number of piperazine rings is 1. The van der Waals surface area contributed by atoms with Gasteiger partial charge in [0.25, 0.3) is 5.91 Å². The Labute approximate surface area is 159 Å². The molecule has 1 aromatic heterocycles. The van der Waals surface area contributed by atoms with Crippen LogP contribution in [0.25, 0.3) is 0 Å². The van der Waals surface area contributed by atoms with E-state index < -0.39 is 0 Å². The van der Waals surface area contributed by atoms with Crippen molar-refractivity contribution in [2.75, 3.05) is 53.0 Å². The lowest BCUT2D eigenvalue weighted by Crippen LogP contribution is -2.51. The summed E-state index contributed by atoms with van der Waals surface area (Å²) in [6.45, 7) is 10.6. The zero-order valence-electron chi connectivity index (χ0n) is 16.2. The Kier molecular flexibility index (Phi) is 7.55. The number of amides is 2. The van der Waals surface area contributed by atoms with Crippen molar-refractivity contribution in [1.29, 1.82) is 0 Å². The summed E-state index contributed by atoms with van der Waals surface area (Å²) in [5.41, 5.74) is -0.0431. The first-order valence-electron chi connectivity index (χ1n) is 9.05. The van der Waals surface area contributed by atoms with Crippen LogP contribution in [0.3, 0.4) is 0 Å². The van der Waals surface area contributed by atoms with Gasteiger partial charge in [0.2, 0.25) is 5.91 Å². The molecule has 2 amide bonds. The Morgan fingerprint density at radius 3 is 2.54 bits per heavy atom. The van der Waals surface area contributed by atoms with Gasteiger partial charge in [-0.1, -0.05) is 20.8 Å². The lowest BCUT2D eigenvalue weighted by atomic mass is 9.98. The molecule has 0 aromatic carbocycles. The van der Waals surface area contributed by atoms with Crippen molar-refractivity contribution < 1.29 is 14.3 Å². The molecule has 2 heterocycles. The molecule has 1 N–H and O–H groups in total.